The molecule has 0 unspecified atom stereocenters. The van der Waals surface area contributed by atoms with Crippen LogP contribution in [0.15, 0.2) is 41.0 Å². The van der Waals surface area contributed by atoms with Crippen molar-refractivity contribution >= 4 is 5.91 Å². The third kappa shape index (κ3) is 4.89. The summed E-state index contributed by atoms with van der Waals surface area (Å²) in [4.78, 5) is 13.9. The summed E-state index contributed by atoms with van der Waals surface area (Å²) in [6, 6.07) is 7.50. The molecule has 1 heterocycles. The van der Waals surface area contributed by atoms with E-state index in [1.54, 1.807) is 24.1 Å². The van der Waals surface area contributed by atoms with E-state index in [9.17, 15) is 13.6 Å². The van der Waals surface area contributed by atoms with E-state index >= 15 is 0 Å². The molecule has 4 nitrogen and oxygen atoms in total. The summed E-state index contributed by atoms with van der Waals surface area (Å²) in [6.45, 7) is 1.11. The molecule has 0 bridgehead atoms. The molecule has 0 fully saturated rings. The minimum absolute atomic E-state index is 0.0881. The molecule has 6 heteroatoms. The molecule has 0 aliphatic carbocycles. The molecule has 2 rings (SSSR count). The highest BCUT2D eigenvalue weighted by Gasteiger charge is 2.16. The van der Waals surface area contributed by atoms with Gasteiger partial charge in [-0.3, -0.25) is 4.79 Å². The Morgan fingerprint density at radius 1 is 1.26 bits per heavy atom. The summed E-state index contributed by atoms with van der Waals surface area (Å²) in [5.74, 6) is -1.30. The molecule has 1 aromatic heterocycles. The quantitative estimate of drug-likeness (QED) is 0.749. The zero-order valence-electron chi connectivity index (χ0n) is 12.9. The summed E-state index contributed by atoms with van der Waals surface area (Å²) in [5.41, 5.74) is 0.197. The van der Waals surface area contributed by atoms with Gasteiger partial charge in [-0.25, -0.2) is 8.78 Å². The highest BCUT2D eigenvalue weighted by atomic mass is 19.2. The average molecular weight is 323 g/mol. The molecule has 2 aromatic rings. The molecule has 1 aromatic carbocycles. The molecule has 1 amide bonds. The van der Waals surface area contributed by atoms with Crippen molar-refractivity contribution in [2.45, 2.75) is 19.4 Å². The van der Waals surface area contributed by atoms with Crippen molar-refractivity contribution in [3.05, 3.63) is 59.6 Å². The van der Waals surface area contributed by atoms with Crippen LogP contribution in [-0.2, 0) is 22.5 Å². The van der Waals surface area contributed by atoms with Gasteiger partial charge in [0.25, 0.3) is 0 Å². The Hall–Kier alpha value is -2.21. The lowest BCUT2D eigenvalue weighted by atomic mass is 10.1. The standard InChI is InChI=1S/C17H19F2NO3/c1-22-11-9-20(12-14-5-3-10-23-14)16(21)8-7-13-4-2-6-15(18)17(13)19/h2-6,10H,7-9,11-12H2,1H3. The molecule has 0 aliphatic heterocycles. The predicted octanol–water partition coefficient (Wildman–Crippen LogP) is 3.17. The molecule has 0 spiro atoms. The lowest BCUT2D eigenvalue weighted by Crippen LogP contribution is -2.33. The highest BCUT2D eigenvalue weighted by molar-refractivity contribution is 5.76. The number of halogens is 2. The van der Waals surface area contributed by atoms with Crippen LogP contribution in [0.3, 0.4) is 0 Å². The van der Waals surface area contributed by atoms with E-state index in [0.717, 1.165) is 6.07 Å². The van der Waals surface area contributed by atoms with Crippen molar-refractivity contribution in [3.8, 4) is 0 Å². The van der Waals surface area contributed by atoms with Gasteiger partial charge < -0.3 is 14.1 Å². The Bertz CT molecular complexity index is 629. The van der Waals surface area contributed by atoms with Crippen LogP contribution in [0.1, 0.15) is 17.7 Å². The van der Waals surface area contributed by atoms with Gasteiger partial charge in [0.05, 0.1) is 19.4 Å². The fourth-order valence-corrected chi connectivity index (χ4v) is 2.23. The number of furan rings is 1. The molecular formula is C17H19F2NO3. The first-order valence-electron chi connectivity index (χ1n) is 7.33. The van der Waals surface area contributed by atoms with Crippen LogP contribution in [0.25, 0.3) is 0 Å². The van der Waals surface area contributed by atoms with Crippen LogP contribution in [-0.4, -0.2) is 31.1 Å². The lowest BCUT2D eigenvalue weighted by Gasteiger charge is -2.21. The number of hydrogen-bond acceptors (Lipinski definition) is 3. The molecule has 0 saturated heterocycles. The normalized spacial score (nSPS) is 10.7. The Balaban J connectivity index is 1.97. The second-order valence-corrected chi connectivity index (χ2v) is 5.10. The number of ether oxygens (including phenoxy) is 1. The minimum Gasteiger partial charge on any atom is -0.467 e. The van der Waals surface area contributed by atoms with E-state index in [2.05, 4.69) is 0 Å². The number of hydrogen-bond donors (Lipinski definition) is 0. The second kappa shape index (κ2) is 8.43. The van der Waals surface area contributed by atoms with E-state index < -0.39 is 11.6 Å². The zero-order valence-corrected chi connectivity index (χ0v) is 12.9. The van der Waals surface area contributed by atoms with Crippen molar-refractivity contribution < 1.29 is 22.7 Å². The number of carbonyl (C=O) groups is 1. The largest absolute Gasteiger partial charge is 0.467 e. The SMILES string of the molecule is COCCN(Cc1ccco1)C(=O)CCc1cccc(F)c1F. The zero-order chi connectivity index (χ0) is 16.7. The Morgan fingerprint density at radius 3 is 2.78 bits per heavy atom. The van der Waals surface area contributed by atoms with E-state index in [0.29, 0.717) is 25.5 Å². The van der Waals surface area contributed by atoms with Gasteiger partial charge in [-0.05, 0) is 30.2 Å². The van der Waals surface area contributed by atoms with E-state index in [4.69, 9.17) is 9.15 Å². The number of nitrogens with zero attached hydrogens (tertiary/aromatic N) is 1. The third-order valence-electron chi connectivity index (χ3n) is 3.48. The summed E-state index contributed by atoms with van der Waals surface area (Å²) in [6.07, 6.45) is 1.77. The average Bonchev–Trinajstić information content (AvgIpc) is 3.05. The molecule has 0 radical (unpaired) electrons. The Labute approximate surface area is 133 Å². The molecule has 0 saturated carbocycles. The highest BCUT2D eigenvalue weighted by Crippen LogP contribution is 2.14. The maximum Gasteiger partial charge on any atom is 0.223 e. The minimum atomic E-state index is -0.901. The topological polar surface area (TPSA) is 42.7 Å². The van der Waals surface area contributed by atoms with Crippen molar-refractivity contribution in [2.24, 2.45) is 0 Å². The van der Waals surface area contributed by atoms with Crippen LogP contribution in [0.5, 0.6) is 0 Å². The lowest BCUT2D eigenvalue weighted by molar-refractivity contribution is -0.132. The van der Waals surface area contributed by atoms with Crippen molar-refractivity contribution in [3.63, 3.8) is 0 Å². The number of rotatable bonds is 8. The van der Waals surface area contributed by atoms with Gasteiger partial charge in [0, 0.05) is 20.1 Å². The smallest absolute Gasteiger partial charge is 0.223 e. The maximum atomic E-state index is 13.6. The number of amides is 1. The van der Waals surface area contributed by atoms with Gasteiger partial charge in [-0.1, -0.05) is 12.1 Å². The third-order valence-corrected chi connectivity index (χ3v) is 3.48. The molecular weight excluding hydrogens is 304 g/mol. The van der Waals surface area contributed by atoms with Crippen molar-refractivity contribution in [1.29, 1.82) is 0 Å². The summed E-state index contributed by atoms with van der Waals surface area (Å²) >= 11 is 0. The van der Waals surface area contributed by atoms with Crippen molar-refractivity contribution in [1.82, 2.24) is 4.90 Å². The van der Waals surface area contributed by atoms with E-state index in [-0.39, 0.29) is 24.3 Å². The maximum absolute atomic E-state index is 13.6. The fraction of sp³-hybridized carbons (Fsp3) is 0.353. The number of benzene rings is 1. The monoisotopic (exact) mass is 323 g/mol. The Morgan fingerprint density at radius 2 is 2.09 bits per heavy atom. The van der Waals surface area contributed by atoms with Crippen molar-refractivity contribution in [2.75, 3.05) is 20.3 Å². The first kappa shape index (κ1) is 17.1. The van der Waals surface area contributed by atoms with E-state index in [1.165, 1.54) is 18.4 Å². The van der Waals surface area contributed by atoms with Crippen LogP contribution in [0, 0.1) is 11.6 Å². The summed E-state index contributed by atoms with van der Waals surface area (Å²) in [7, 11) is 1.55. The Kier molecular flexibility index (Phi) is 6.29. The van der Waals surface area contributed by atoms with Gasteiger partial charge >= 0.3 is 0 Å². The van der Waals surface area contributed by atoms with Crippen LogP contribution < -0.4 is 0 Å². The number of aryl methyl sites for hydroxylation is 1. The first-order valence-corrected chi connectivity index (χ1v) is 7.33. The summed E-state index contributed by atoms with van der Waals surface area (Å²) < 4.78 is 37.1. The second-order valence-electron chi connectivity index (χ2n) is 5.10. The van der Waals surface area contributed by atoms with Crippen LogP contribution in [0.2, 0.25) is 0 Å². The van der Waals surface area contributed by atoms with Gasteiger partial charge in [0.15, 0.2) is 11.6 Å². The summed E-state index contributed by atoms with van der Waals surface area (Å²) in [5, 5.41) is 0. The van der Waals surface area contributed by atoms with Crippen LogP contribution >= 0.6 is 0 Å². The molecule has 124 valence electrons. The van der Waals surface area contributed by atoms with Gasteiger partial charge in [0.1, 0.15) is 5.76 Å². The predicted molar refractivity (Wildman–Crippen MR) is 80.7 cm³/mol. The first-order chi connectivity index (χ1) is 11.1. The van der Waals surface area contributed by atoms with Gasteiger partial charge in [-0.15, -0.1) is 0 Å². The van der Waals surface area contributed by atoms with Crippen LogP contribution in [0.4, 0.5) is 8.78 Å². The van der Waals surface area contributed by atoms with Gasteiger partial charge in [-0.2, -0.15) is 0 Å². The molecule has 0 atom stereocenters. The number of methoxy groups -OCH3 is 1. The molecule has 0 N–H and O–H groups in total. The van der Waals surface area contributed by atoms with Gasteiger partial charge in [0.2, 0.25) is 5.91 Å². The van der Waals surface area contributed by atoms with E-state index in [1.807, 2.05) is 0 Å². The molecule has 23 heavy (non-hydrogen) atoms. The molecule has 0 aliphatic rings. The fourth-order valence-electron chi connectivity index (χ4n) is 2.23. The number of carbonyl (C=O) groups excluding carboxylic acids is 1.